The maximum Gasteiger partial charge on any atom is 0.276 e. The fraction of sp³-hybridized carbons (Fsp3) is 0.278. The van der Waals surface area contributed by atoms with E-state index in [0.717, 1.165) is 17.0 Å². The summed E-state index contributed by atoms with van der Waals surface area (Å²) >= 11 is 7.47. The molecule has 0 aliphatic rings. The van der Waals surface area contributed by atoms with Crippen molar-refractivity contribution in [3.05, 3.63) is 61.5 Å². The maximum absolute atomic E-state index is 12.6. The number of anilines is 1. The molecule has 3 aromatic rings. The Hall–Kier alpha value is -2.38. The van der Waals surface area contributed by atoms with Gasteiger partial charge in [-0.3, -0.25) is 14.7 Å². The zero-order valence-corrected chi connectivity index (χ0v) is 16.3. The molecular weight excluding hydrogens is 372 g/mol. The summed E-state index contributed by atoms with van der Waals surface area (Å²) in [6.45, 7) is 5.56. The average molecular weight is 391 g/mol. The normalized spacial score (nSPS) is 10.9. The second-order valence-corrected chi connectivity index (χ2v) is 7.33. The van der Waals surface area contributed by atoms with Gasteiger partial charge in [-0.25, -0.2) is 4.98 Å². The molecule has 136 valence electrons. The Morgan fingerprint density at radius 3 is 2.81 bits per heavy atom. The average Bonchev–Trinajstić information content (AvgIpc) is 3.14. The summed E-state index contributed by atoms with van der Waals surface area (Å²) in [6, 6.07) is 5.37. The van der Waals surface area contributed by atoms with Gasteiger partial charge in [0.2, 0.25) is 11.0 Å². The molecule has 2 aromatic heterocycles. The van der Waals surface area contributed by atoms with Crippen molar-refractivity contribution in [1.82, 2.24) is 14.8 Å². The van der Waals surface area contributed by atoms with Gasteiger partial charge in [-0.2, -0.15) is 4.68 Å². The molecule has 0 bridgehead atoms. The molecule has 26 heavy (non-hydrogen) atoms. The third kappa shape index (κ3) is 3.73. The summed E-state index contributed by atoms with van der Waals surface area (Å²) in [5.41, 5.74) is 3.54. The SMILES string of the molecule is Cc1csc(-n2[nH]c(C)c(CCC(=O)Nc3cccc(Cl)c3C)c2=O)n1. The van der Waals surface area contributed by atoms with Gasteiger partial charge in [-0.05, 0) is 44.9 Å². The van der Waals surface area contributed by atoms with E-state index in [0.29, 0.717) is 27.8 Å². The molecule has 0 atom stereocenters. The Morgan fingerprint density at radius 1 is 1.35 bits per heavy atom. The first kappa shape index (κ1) is 18.4. The van der Waals surface area contributed by atoms with E-state index in [1.807, 2.05) is 26.2 Å². The number of H-pyrrole nitrogens is 1. The van der Waals surface area contributed by atoms with Crippen molar-refractivity contribution in [3.63, 3.8) is 0 Å². The van der Waals surface area contributed by atoms with Crippen LogP contribution in [0.3, 0.4) is 0 Å². The fourth-order valence-corrected chi connectivity index (χ4v) is 3.58. The van der Waals surface area contributed by atoms with E-state index in [-0.39, 0.29) is 17.9 Å². The number of aryl methyl sites for hydroxylation is 2. The van der Waals surface area contributed by atoms with Crippen LogP contribution < -0.4 is 10.9 Å². The van der Waals surface area contributed by atoms with Crippen LogP contribution in [0.2, 0.25) is 5.02 Å². The summed E-state index contributed by atoms with van der Waals surface area (Å²) in [4.78, 5) is 29.2. The molecule has 8 heteroatoms. The van der Waals surface area contributed by atoms with Gasteiger partial charge >= 0.3 is 0 Å². The van der Waals surface area contributed by atoms with Gasteiger partial charge in [-0.1, -0.05) is 17.7 Å². The molecule has 0 saturated heterocycles. The predicted octanol–water partition coefficient (Wildman–Crippen LogP) is 3.77. The summed E-state index contributed by atoms with van der Waals surface area (Å²) in [5, 5.41) is 8.97. The minimum absolute atomic E-state index is 0.160. The Balaban J connectivity index is 1.72. The molecule has 0 aliphatic heterocycles. The van der Waals surface area contributed by atoms with Crippen molar-refractivity contribution in [2.45, 2.75) is 33.6 Å². The number of halogens is 1. The summed E-state index contributed by atoms with van der Waals surface area (Å²) in [6.07, 6.45) is 0.556. The first-order valence-electron chi connectivity index (χ1n) is 8.14. The lowest BCUT2D eigenvalue weighted by atomic mass is 10.1. The number of carbonyl (C=O) groups is 1. The highest BCUT2D eigenvalue weighted by Gasteiger charge is 2.16. The quantitative estimate of drug-likeness (QED) is 0.695. The third-order valence-electron chi connectivity index (χ3n) is 4.14. The molecule has 0 saturated carbocycles. The van der Waals surface area contributed by atoms with E-state index in [9.17, 15) is 9.59 Å². The highest BCUT2D eigenvalue weighted by atomic mass is 35.5. The van der Waals surface area contributed by atoms with E-state index in [1.165, 1.54) is 16.0 Å². The van der Waals surface area contributed by atoms with Crippen LogP contribution in [0.25, 0.3) is 5.13 Å². The molecule has 6 nitrogen and oxygen atoms in total. The topological polar surface area (TPSA) is 79.8 Å². The summed E-state index contributed by atoms with van der Waals surface area (Å²) in [7, 11) is 0. The molecular formula is C18H19ClN4O2S. The number of nitrogens with one attached hydrogen (secondary N) is 2. The highest BCUT2D eigenvalue weighted by molar-refractivity contribution is 7.12. The molecule has 0 spiro atoms. The van der Waals surface area contributed by atoms with E-state index in [1.54, 1.807) is 18.2 Å². The minimum atomic E-state index is -0.163. The van der Waals surface area contributed by atoms with Gasteiger partial charge in [-0.15, -0.1) is 11.3 Å². The molecule has 0 fully saturated rings. The number of rotatable bonds is 5. The van der Waals surface area contributed by atoms with Crippen LogP contribution in [-0.2, 0) is 11.2 Å². The van der Waals surface area contributed by atoms with E-state index in [4.69, 9.17) is 11.6 Å². The lowest BCUT2D eigenvalue weighted by molar-refractivity contribution is -0.116. The van der Waals surface area contributed by atoms with Crippen LogP contribution in [-0.4, -0.2) is 20.7 Å². The van der Waals surface area contributed by atoms with Gasteiger partial charge in [0.05, 0.1) is 5.69 Å². The second-order valence-electron chi connectivity index (χ2n) is 6.09. The number of hydrogen-bond acceptors (Lipinski definition) is 4. The number of carbonyl (C=O) groups excluding carboxylic acids is 1. The summed E-state index contributed by atoms with van der Waals surface area (Å²) in [5.74, 6) is -0.160. The Morgan fingerprint density at radius 2 is 2.12 bits per heavy atom. The van der Waals surface area contributed by atoms with Crippen LogP contribution in [0.4, 0.5) is 5.69 Å². The largest absolute Gasteiger partial charge is 0.326 e. The summed E-state index contributed by atoms with van der Waals surface area (Å²) < 4.78 is 1.43. The van der Waals surface area contributed by atoms with Crippen LogP contribution in [0.1, 0.15) is 28.9 Å². The number of hydrogen-bond donors (Lipinski definition) is 2. The Labute approximate surface area is 159 Å². The number of aromatic amines is 1. The monoisotopic (exact) mass is 390 g/mol. The number of aromatic nitrogens is 3. The smallest absolute Gasteiger partial charge is 0.276 e. The number of thiazole rings is 1. The van der Waals surface area contributed by atoms with Gasteiger partial charge in [0.1, 0.15) is 0 Å². The molecule has 0 radical (unpaired) electrons. The van der Waals surface area contributed by atoms with Crippen molar-refractivity contribution in [3.8, 4) is 5.13 Å². The Bertz CT molecular complexity index is 1020. The molecule has 1 aromatic carbocycles. The Kier molecular flexibility index (Phi) is 5.29. The zero-order chi connectivity index (χ0) is 18.8. The molecule has 1 amide bonds. The van der Waals surface area contributed by atoms with Crippen molar-refractivity contribution in [1.29, 1.82) is 0 Å². The highest BCUT2D eigenvalue weighted by Crippen LogP contribution is 2.23. The first-order valence-corrected chi connectivity index (χ1v) is 9.40. The molecule has 2 N–H and O–H groups in total. The lowest BCUT2D eigenvalue weighted by Crippen LogP contribution is -2.19. The number of benzene rings is 1. The zero-order valence-electron chi connectivity index (χ0n) is 14.7. The molecule has 0 unspecified atom stereocenters. The number of amides is 1. The lowest BCUT2D eigenvalue weighted by Gasteiger charge is -2.09. The predicted molar refractivity (Wildman–Crippen MR) is 105 cm³/mol. The van der Waals surface area contributed by atoms with Crippen LogP contribution in [0.5, 0.6) is 0 Å². The van der Waals surface area contributed by atoms with Crippen molar-refractivity contribution in [2.24, 2.45) is 0 Å². The first-order chi connectivity index (χ1) is 12.4. The van der Waals surface area contributed by atoms with Gasteiger partial charge < -0.3 is 5.32 Å². The third-order valence-corrected chi connectivity index (χ3v) is 5.49. The van der Waals surface area contributed by atoms with E-state index < -0.39 is 0 Å². The van der Waals surface area contributed by atoms with Gasteiger partial charge in [0, 0.05) is 33.8 Å². The van der Waals surface area contributed by atoms with Crippen LogP contribution in [0, 0.1) is 20.8 Å². The second kappa shape index (κ2) is 7.47. The standard InChI is InChI=1S/C18H19ClN4O2S/c1-10-9-26-18(20-10)23-17(25)13(12(3)22-23)7-8-16(24)21-15-6-4-5-14(19)11(15)2/h4-6,9,22H,7-8H2,1-3H3,(H,21,24). The maximum atomic E-state index is 12.6. The van der Waals surface area contributed by atoms with Crippen molar-refractivity contribution >= 4 is 34.5 Å². The van der Waals surface area contributed by atoms with E-state index in [2.05, 4.69) is 15.4 Å². The van der Waals surface area contributed by atoms with Crippen molar-refractivity contribution < 1.29 is 4.79 Å². The fourth-order valence-electron chi connectivity index (χ4n) is 2.65. The molecule has 0 aliphatic carbocycles. The van der Waals surface area contributed by atoms with Gasteiger partial charge in [0.15, 0.2) is 0 Å². The van der Waals surface area contributed by atoms with Crippen LogP contribution >= 0.6 is 22.9 Å². The van der Waals surface area contributed by atoms with Crippen LogP contribution in [0.15, 0.2) is 28.4 Å². The van der Waals surface area contributed by atoms with E-state index >= 15 is 0 Å². The van der Waals surface area contributed by atoms with Crippen molar-refractivity contribution in [2.75, 3.05) is 5.32 Å². The molecule has 3 rings (SSSR count). The van der Waals surface area contributed by atoms with Gasteiger partial charge in [0.25, 0.3) is 5.56 Å². The molecule has 2 heterocycles. The number of nitrogens with zero attached hydrogens (tertiary/aromatic N) is 2. The minimum Gasteiger partial charge on any atom is -0.326 e.